The summed E-state index contributed by atoms with van der Waals surface area (Å²) in [6.45, 7) is 0.508. The topological polar surface area (TPSA) is 22.1 Å². The molecule has 0 amide bonds. The first kappa shape index (κ1) is 10.8. The van der Waals surface area contributed by atoms with Crippen LogP contribution < -0.4 is 0 Å². The zero-order chi connectivity index (χ0) is 9.68. The van der Waals surface area contributed by atoms with Crippen molar-refractivity contribution in [2.75, 3.05) is 13.7 Å². The van der Waals surface area contributed by atoms with Crippen molar-refractivity contribution >= 4 is 23.2 Å². The predicted molar refractivity (Wildman–Crippen MR) is 54.5 cm³/mol. The first-order chi connectivity index (χ1) is 6.24. The van der Waals surface area contributed by atoms with E-state index in [9.17, 15) is 0 Å². The molecular formula is C9H11Cl2NO. The molecule has 1 aromatic rings. The fourth-order valence-corrected chi connectivity index (χ4v) is 1.49. The van der Waals surface area contributed by atoms with Gasteiger partial charge in [-0.25, -0.2) is 0 Å². The zero-order valence-corrected chi connectivity index (χ0v) is 8.85. The summed E-state index contributed by atoms with van der Waals surface area (Å²) < 4.78 is 4.91. The molecule has 4 heteroatoms. The van der Waals surface area contributed by atoms with Crippen LogP contribution in [0.15, 0.2) is 18.3 Å². The molecule has 0 spiro atoms. The monoisotopic (exact) mass is 219 g/mol. The summed E-state index contributed by atoms with van der Waals surface area (Å²) >= 11 is 11.9. The molecule has 1 unspecified atom stereocenters. The second-order valence-electron chi connectivity index (χ2n) is 2.69. The zero-order valence-electron chi connectivity index (χ0n) is 7.34. The summed E-state index contributed by atoms with van der Waals surface area (Å²) in [5.41, 5.74) is 0.821. The highest BCUT2D eigenvalue weighted by molar-refractivity contribution is 6.31. The molecule has 0 fully saturated rings. The number of methoxy groups -OCH3 is 1. The van der Waals surface area contributed by atoms with Crippen molar-refractivity contribution in [1.29, 1.82) is 0 Å². The van der Waals surface area contributed by atoms with Gasteiger partial charge in [0.1, 0.15) is 0 Å². The Bertz CT molecular complexity index is 268. The Kier molecular flexibility index (Phi) is 4.50. The molecular weight excluding hydrogens is 209 g/mol. The Morgan fingerprint density at radius 2 is 2.38 bits per heavy atom. The fourth-order valence-electron chi connectivity index (χ4n) is 1.02. The van der Waals surface area contributed by atoms with Crippen molar-refractivity contribution in [3.05, 3.63) is 29.0 Å². The van der Waals surface area contributed by atoms with E-state index in [1.165, 1.54) is 0 Å². The van der Waals surface area contributed by atoms with Crippen LogP contribution in [0.1, 0.15) is 5.69 Å². The van der Waals surface area contributed by atoms with Gasteiger partial charge in [-0.3, -0.25) is 4.98 Å². The fraction of sp³-hybridized carbons (Fsp3) is 0.444. The summed E-state index contributed by atoms with van der Waals surface area (Å²) in [4.78, 5) is 4.13. The maximum Gasteiger partial charge on any atom is 0.0630 e. The highest BCUT2D eigenvalue weighted by atomic mass is 35.5. The van der Waals surface area contributed by atoms with Crippen molar-refractivity contribution in [1.82, 2.24) is 4.98 Å². The van der Waals surface area contributed by atoms with E-state index in [4.69, 9.17) is 27.9 Å². The Labute approximate surface area is 87.8 Å². The van der Waals surface area contributed by atoms with Gasteiger partial charge in [-0.15, -0.1) is 11.6 Å². The van der Waals surface area contributed by atoms with E-state index in [0.29, 0.717) is 18.1 Å². The minimum absolute atomic E-state index is 0.0719. The van der Waals surface area contributed by atoms with Crippen molar-refractivity contribution in [2.45, 2.75) is 11.8 Å². The van der Waals surface area contributed by atoms with Crippen LogP contribution in [-0.2, 0) is 11.2 Å². The van der Waals surface area contributed by atoms with Crippen LogP contribution in [0.4, 0.5) is 0 Å². The van der Waals surface area contributed by atoms with Crippen molar-refractivity contribution < 1.29 is 4.74 Å². The van der Waals surface area contributed by atoms with Gasteiger partial charge in [-0.05, 0) is 12.1 Å². The number of nitrogens with zero attached hydrogens (tertiary/aromatic N) is 1. The van der Waals surface area contributed by atoms with Crippen molar-refractivity contribution in [2.24, 2.45) is 0 Å². The lowest BCUT2D eigenvalue weighted by molar-refractivity contribution is 0.197. The van der Waals surface area contributed by atoms with Gasteiger partial charge >= 0.3 is 0 Å². The van der Waals surface area contributed by atoms with E-state index >= 15 is 0 Å². The molecule has 2 nitrogen and oxygen atoms in total. The molecule has 13 heavy (non-hydrogen) atoms. The predicted octanol–water partition coefficient (Wildman–Crippen LogP) is 2.53. The lowest BCUT2D eigenvalue weighted by Gasteiger charge is -2.07. The molecule has 0 aromatic carbocycles. The minimum Gasteiger partial charge on any atom is -0.383 e. The highest BCUT2D eigenvalue weighted by Gasteiger charge is 2.08. The smallest absolute Gasteiger partial charge is 0.0630 e. The Hall–Kier alpha value is -0.310. The van der Waals surface area contributed by atoms with Crippen LogP contribution in [0.5, 0.6) is 0 Å². The highest BCUT2D eigenvalue weighted by Crippen LogP contribution is 2.15. The maximum absolute atomic E-state index is 5.96. The van der Waals surface area contributed by atoms with Crippen LogP contribution in [0.2, 0.25) is 5.02 Å². The molecule has 0 aliphatic heterocycles. The number of pyridine rings is 1. The number of aromatic nitrogens is 1. The van der Waals surface area contributed by atoms with E-state index in [2.05, 4.69) is 4.98 Å². The Morgan fingerprint density at radius 1 is 1.62 bits per heavy atom. The number of halogens is 2. The summed E-state index contributed by atoms with van der Waals surface area (Å²) in [7, 11) is 1.62. The third-order valence-electron chi connectivity index (χ3n) is 1.60. The molecule has 1 rings (SSSR count). The number of ether oxygens (including phenoxy) is 1. The van der Waals surface area contributed by atoms with Crippen LogP contribution in [0.25, 0.3) is 0 Å². The normalized spacial score (nSPS) is 12.8. The van der Waals surface area contributed by atoms with E-state index in [1.807, 2.05) is 0 Å². The van der Waals surface area contributed by atoms with Gasteiger partial charge in [0.15, 0.2) is 0 Å². The molecule has 0 radical (unpaired) electrons. The summed E-state index contributed by atoms with van der Waals surface area (Å²) in [5, 5.41) is 0.585. The second-order valence-corrected chi connectivity index (χ2v) is 3.71. The molecule has 0 aliphatic carbocycles. The summed E-state index contributed by atoms with van der Waals surface area (Å²) in [6.07, 6.45) is 2.34. The third kappa shape index (κ3) is 3.51. The first-order valence-electron chi connectivity index (χ1n) is 3.96. The first-order valence-corrected chi connectivity index (χ1v) is 4.78. The van der Waals surface area contributed by atoms with Gasteiger partial charge in [-0.1, -0.05) is 11.6 Å². The van der Waals surface area contributed by atoms with Crippen LogP contribution in [-0.4, -0.2) is 24.1 Å². The van der Waals surface area contributed by atoms with Crippen molar-refractivity contribution in [3.8, 4) is 0 Å². The second kappa shape index (κ2) is 5.43. The molecule has 1 atom stereocenters. The van der Waals surface area contributed by atoms with E-state index in [0.717, 1.165) is 5.69 Å². The van der Waals surface area contributed by atoms with Gasteiger partial charge in [0.25, 0.3) is 0 Å². The largest absolute Gasteiger partial charge is 0.383 e. The number of alkyl halides is 1. The quantitative estimate of drug-likeness (QED) is 0.727. The molecule has 0 saturated carbocycles. The standard InChI is InChI=1S/C9H11Cl2NO/c1-13-6-7(10)5-9-8(11)3-2-4-12-9/h2-4,7H,5-6H2,1H3. The van der Waals surface area contributed by atoms with Crippen LogP contribution >= 0.6 is 23.2 Å². The van der Waals surface area contributed by atoms with E-state index in [-0.39, 0.29) is 5.38 Å². The van der Waals surface area contributed by atoms with Crippen LogP contribution in [0.3, 0.4) is 0 Å². The van der Waals surface area contributed by atoms with Gasteiger partial charge in [-0.2, -0.15) is 0 Å². The van der Waals surface area contributed by atoms with Gasteiger partial charge < -0.3 is 4.74 Å². The van der Waals surface area contributed by atoms with Gasteiger partial charge in [0.2, 0.25) is 0 Å². The number of rotatable bonds is 4. The Morgan fingerprint density at radius 3 is 3.00 bits per heavy atom. The average molecular weight is 220 g/mol. The number of hydrogen-bond donors (Lipinski definition) is 0. The summed E-state index contributed by atoms with van der Waals surface area (Å²) in [6, 6.07) is 3.60. The minimum atomic E-state index is -0.0719. The molecule has 72 valence electrons. The lowest BCUT2D eigenvalue weighted by atomic mass is 10.2. The number of hydrogen-bond acceptors (Lipinski definition) is 2. The SMILES string of the molecule is COCC(Cl)Cc1ncccc1Cl. The summed E-state index contributed by atoms with van der Waals surface area (Å²) in [5.74, 6) is 0. The molecule has 0 N–H and O–H groups in total. The van der Waals surface area contributed by atoms with Crippen molar-refractivity contribution in [3.63, 3.8) is 0 Å². The van der Waals surface area contributed by atoms with E-state index < -0.39 is 0 Å². The van der Waals surface area contributed by atoms with Crippen LogP contribution in [0, 0.1) is 0 Å². The average Bonchev–Trinajstić information content (AvgIpc) is 2.09. The van der Waals surface area contributed by atoms with Gasteiger partial charge in [0, 0.05) is 19.7 Å². The maximum atomic E-state index is 5.96. The van der Waals surface area contributed by atoms with E-state index in [1.54, 1.807) is 25.4 Å². The Balaban J connectivity index is 2.58. The molecule has 0 saturated heterocycles. The molecule has 1 aromatic heterocycles. The molecule has 0 bridgehead atoms. The lowest BCUT2D eigenvalue weighted by Crippen LogP contribution is -2.11. The molecule has 0 aliphatic rings. The molecule has 1 heterocycles. The third-order valence-corrected chi connectivity index (χ3v) is 2.22. The van der Waals surface area contributed by atoms with Gasteiger partial charge in [0.05, 0.1) is 22.7 Å².